The van der Waals surface area contributed by atoms with Crippen LogP contribution in [-0.2, 0) is 0 Å². The first-order chi connectivity index (χ1) is 10.1. The van der Waals surface area contributed by atoms with Crippen molar-refractivity contribution in [2.75, 3.05) is 24.5 Å². The molecule has 3 rings (SSSR count). The highest BCUT2D eigenvalue weighted by Crippen LogP contribution is 2.42. The van der Waals surface area contributed by atoms with E-state index in [0.29, 0.717) is 16.7 Å². The number of hydrogen-bond donors (Lipinski definition) is 1. The van der Waals surface area contributed by atoms with Gasteiger partial charge < -0.3 is 10.2 Å². The molecule has 2 nitrogen and oxygen atoms in total. The van der Waals surface area contributed by atoms with E-state index >= 15 is 0 Å². The maximum absolute atomic E-state index is 12.8. The Morgan fingerprint density at radius 1 is 1.33 bits per heavy atom. The van der Waals surface area contributed by atoms with E-state index in [1.54, 1.807) is 6.07 Å². The normalized spacial score (nSPS) is 27.0. The molecule has 0 amide bonds. The summed E-state index contributed by atoms with van der Waals surface area (Å²) in [4.78, 5) is 2.98. The summed E-state index contributed by atoms with van der Waals surface area (Å²) >= 11 is 0.654. The van der Waals surface area contributed by atoms with E-state index in [1.165, 1.54) is 12.8 Å². The fourth-order valence-corrected chi connectivity index (χ4v) is 3.96. The van der Waals surface area contributed by atoms with Gasteiger partial charge in [-0.2, -0.15) is 8.78 Å². The topological polar surface area (TPSA) is 15.3 Å². The van der Waals surface area contributed by atoms with Gasteiger partial charge in [0, 0.05) is 23.5 Å². The molecule has 0 radical (unpaired) electrons. The van der Waals surface area contributed by atoms with Gasteiger partial charge in [-0.1, -0.05) is 23.9 Å². The van der Waals surface area contributed by atoms with E-state index < -0.39 is 5.76 Å². The molecule has 1 N–H and O–H groups in total. The molecule has 116 valence electrons. The van der Waals surface area contributed by atoms with Gasteiger partial charge in [-0.25, -0.2) is 0 Å². The van der Waals surface area contributed by atoms with Crippen LogP contribution in [0.3, 0.4) is 0 Å². The summed E-state index contributed by atoms with van der Waals surface area (Å²) in [5.41, 5.74) is 1.07. The predicted molar refractivity (Wildman–Crippen MR) is 84.3 cm³/mol. The van der Waals surface area contributed by atoms with Crippen LogP contribution in [-0.4, -0.2) is 30.9 Å². The van der Waals surface area contributed by atoms with Gasteiger partial charge in [-0.3, -0.25) is 0 Å². The average Bonchev–Trinajstić information content (AvgIpc) is 3.26. The summed E-state index contributed by atoms with van der Waals surface area (Å²) in [6, 6.07) is 7.56. The van der Waals surface area contributed by atoms with Crippen LogP contribution in [0.4, 0.5) is 14.5 Å². The number of rotatable bonds is 4. The fraction of sp³-hybridized carbons (Fsp3) is 0.625. The Morgan fingerprint density at radius 3 is 2.81 bits per heavy atom. The molecule has 0 spiro atoms. The summed E-state index contributed by atoms with van der Waals surface area (Å²) in [5.74, 6) is -1.64. The molecule has 1 aliphatic heterocycles. The molecule has 0 bridgehead atoms. The molecule has 1 atom stereocenters. The lowest BCUT2D eigenvalue weighted by Crippen LogP contribution is -2.51. The van der Waals surface area contributed by atoms with Crippen LogP contribution >= 0.6 is 11.8 Å². The highest BCUT2D eigenvalue weighted by Gasteiger charge is 2.43. The number of halogens is 2. The van der Waals surface area contributed by atoms with Crippen LogP contribution in [0.25, 0.3) is 0 Å². The van der Waals surface area contributed by atoms with E-state index in [0.717, 1.165) is 37.7 Å². The lowest BCUT2D eigenvalue weighted by Gasteiger charge is -2.35. The first kappa shape index (κ1) is 15.1. The van der Waals surface area contributed by atoms with Crippen molar-refractivity contribution in [2.45, 2.75) is 42.4 Å². The maximum Gasteiger partial charge on any atom is 0.288 e. The molecule has 1 aliphatic carbocycles. The van der Waals surface area contributed by atoms with Gasteiger partial charge >= 0.3 is 0 Å². The minimum atomic E-state index is -2.37. The number of benzene rings is 1. The summed E-state index contributed by atoms with van der Waals surface area (Å²) < 4.78 is 25.5. The van der Waals surface area contributed by atoms with Crippen LogP contribution in [0.5, 0.6) is 0 Å². The Hall–Kier alpha value is -0.810. The van der Waals surface area contributed by atoms with E-state index in [9.17, 15) is 8.78 Å². The summed E-state index contributed by atoms with van der Waals surface area (Å²) in [5, 5.41) is 3.68. The second-order valence-electron chi connectivity index (χ2n) is 6.24. The summed E-state index contributed by atoms with van der Waals surface area (Å²) in [6.07, 6.45) is 3.62. The maximum atomic E-state index is 12.8. The zero-order valence-corrected chi connectivity index (χ0v) is 13.1. The SMILES string of the molecule is CC1(C2CC2)CN(c2ccccc2SC(F)F)CCCN1. The zero-order chi connectivity index (χ0) is 14.9. The van der Waals surface area contributed by atoms with Gasteiger partial charge in [0.25, 0.3) is 5.76 Å². The lowest BCUT2D eigenvalue weighted by molar-refractivity contribution is 0.252. The van der Waals surface area contributed by atoms with Crippen LogP contribution in [0, 0.1) is 5.92 Å². The van der Waals surface area contributed by atoms with E-state index in [2.05, 4.69) is 17.1 Å². The van der Waals surface area contributed by atoms with Gasteiger partial charge in [0.05, 0.1) is 5.69 Å². The second-order valence-corrected chi connectivity index (χ2v) is 7.27. The van der Waals surface area contributed by atoms with Crippen LogP contribution in [0.15, 0.2) is 29.2 Å². The van der Waals surface area contributed by atoms with Crippen LogP contribution in [0.2, 0.25) is 0 Å². The molecule has 1 aromatic carbocycles. The highest BCUT2D eigenvalue weighted by molar-refractivity contribution is 7.99. The van der Waals surface area contributed by atoms with Crippen molar-refractivity contribution in [2.24, 2.45) is 5.92 Å². The molecular formula is C16H22F2N2S. The Morgan fingerprint density at radius 2 is 2.10 bits per heavy atom. The number of hydrogen-bond acceptors (Lipinski definition) is 3. The van der Waals surface area contributed by atoms with E-state index in [4.69, 9.17) is 0 Å². The largest absolute Gasteiger partial charge is 0.369 e. The number of alkyl halides is 2. The summed E-state index contributed by atoms with van der Waals surface area (Å²) in [6.45, 7) is 5.12. The molecule has 1 heterocycles. The van der Waals surface area contributed by atoms with Crippen molar-refractivity contribution in [1.29, 1.82) is 0 Å². The minimum absolute atomic E-state index is 0.110. The van der Waals surface area contributed by atoms with Gasteiger partial charge in [-0.05, 0) is 50.8 Å². The molecule has 21 heavy (non-hydrogen) atoms. The number of para-hydroxylation sites is 1. The molecule has 2 fully saturated rings. The average molecular weight is 312 g/mol. The van der Waals surface area contributed by atoms with Crippen LogP contribution < -0.4 is 10.2 Å². The molecule has 1 aromatic rings. The molecule has 1 unspecified atom stereocenters. The fourth-order valence-electron chi connectivity index (χ4n) is 3.29. The van der Waals surface area contributed by atoms with Crippen molar-refractivity contribution in [3.05, 3.63) is 24.3 Å². The third-order valence-corrected chi connectivity index (χ3v) is 5.33. The Labute approximate surface area is 129 Å². The first-order valence-electron chi connectivity index (χ1n) is 7.62. The number of nitrogens with one attached hydrogen (secondary N) is 1. The van der Waals surface area contributed by atoms with Crippen molar-refractivity contribution in [3.8, 4) is 0 Å². The van der Waals surface area contributed by atoms with Crippen molar-refractivity contribution in [3.63, 3.8) is 0 Å². The van der Waals surface area contributed by atoms with Gasteiger partial charge in [0.15, 0.2) is 0 Å². The number of anilines is 1. The molecule has 1 saturated carbocycles. The van der Waals surface area contributed by atoms with Gasteiger partial charge in [0.2, 0.25) is 0 Å². The Balaban J connectivity index is 1.84. The number of thioether (sulfide) groups is 1. The zero-order valence-electron chi connectivity index (χ0n) is 12.3. The molecule has 5 heteroatoms. The first-order valence-corrected chi connectivity index (χ1v) is 8.50. The molecular weight excluding hydrogens is 290 g/mol. The van der Waals surface area contributed by atoms with Gasteiger partial charge in [0.1, 0.15) is 0 Å². The third-order valence-electron chi connectivity index (χ3n) is 4.55. The number of nitrogens with zero attached hydrogens (tertiary/aromatic N) is 1. The molecule has 2 aliphatic rings. The Bertz CT molecular complexity index is 493. The molecule has 0 aromatic heterocycles. The monoisotopic (exact) mass is 312 g/mol. The van der Waals surface area contributed by atoms with Crippen LogP contribution in [0.1, 0.15) is 26.2 Å². The van der Waals surface area contributed by atoms with E-state index in [1.807, 2.05) is 18.2 Å². The van der Waals surface area contributed by atoms with Gasteiger partial charge in [-0.15, -0.1) is 0 Å². The summed E-state index contributed by atoms with van der Waals surface area (Å²) in [7, 11) is 0. The molecule has 1 saturated heterocycles. The van der Waals surface area contributed by atoms with Crippen molar-refractivity contribution in [1.82, 2.24) is 5.32 Å². The minimum Gasteiger partial charge on any atom is -0.369 e. The Kier molecular flexibility index (Phi) is 4.41. The van der Waals surface area contributed by atoms with Crippen molar-refractivity contribution >= 4 is 17.4 Å². The standard InChI is InChI=1S/C16H22F2N2S/c1-16(12-7-8-12)11-20(10-4-9-19-16)13-5-2-3-6-14(13)21-15(17)18/h2-3,5-6,12,15,19H,4,7-11H2,1H3. The lowest BCUT2D eigenvalue weighted by atomic mass is 9.95. The quantitative estimate of drug-likeness (QED) is 0.847. The third kappa shape index (κ3) is 3.51. The van der Waals surface area contributed by atoms with Crippen molar-refractivity contribution < 1.29 is 8.78 Å². The highest BCUT2D eigenvalue weighted by atomic mass is 32.2. The smallest absolute Gasteiger partial charge is 0.288 e. The predicted octanol–water partition coefficient (Wildman–Crippen LogP) is 3.97. The van der Waals surface area contributed by atoms with E-state index in [-0.39, 0.29) is 5.54 Å². The second kappa shape index (κ2) is 6.13.